The topological polar surface area (TPSA) is 74.6 Å². The van der Waals surface area contributed by atoms with Crippen LogP contribution in [-0.4, -0.2) is 64.1 Å². The smallest absolute Gasteiger partial charge is 0.354 e. The maximum absolute atomic E-state index is 17.3. The third-order valence-electron chi connectivity index (χ3n) is 8.62. The van der Waals surface area contributed by atoms with Crippen molar-refractivity contribution in [3.05, 3.63) is 87.6 Å². The van der Waals surface area contributed by atoms with Gasteiger partial charge in [0.05, 0.1) is 33.5 Å². The molecule has 1 saturated heterocycles. The van der Waals surface area contributed by atoms with Gasteiger partial charge >= 0.3 is 5.69 Å². The summed E-state index contributed by atoms with van der Waals surface area (Å²) in [5.41, 5.74) is 1.23. The molecular formula is C33H33ClF2N6O2. The first-order valence-corrected chi connectivity index (χ1v) is 14.9. The number of nitrogens with zero attached hydrogens (tertiary/aromatic N) is 6. The summed E-state index contributed by atoms with van der Waals surface area (Å²) in [5.74, 6) is -1.52. The van der Waals surface area contributed by atoms with Crippen LogP contribution in [0.5, 0.6) is 0 Å². The molecule has 4 heterocycles. The minimum atomic E-state index is -0.836. The highest BCUT2D eigenvalue weighted by molar-refractivity contribution is 6.38. The highest BCUT2D eigenvalue weighted by atomic mass is 35.5. The maximum Gasteiger partial charge on any atom is 0.354 e. The number of anilines is 2. The SMILES string of the molecule is C=CC(=O)N1CC(C)N2c3nc(=O)n(-c4c(C)ccnc4C(C)C)c4c(F)c(-c5ccccc5F)c(Cl)c(c34)N(C)CC2C1. The van der Waals surface area contributed by atoms with Crippen LogP contribution in [0.2, 0.25) is 5.02 Å². The summed E-state index contributed by atoms with van der Waals surface area (Å²) < 4.78 is 34.0. The van der Waals surface area contributed by atoms with E-state index in [1.165, 1.54) is 28.8 Å². The number of pyridine rings is 1. The molecule has 8 nitrogen and oxygen atoms in total. The van der Waals surface area contributed by atoms with E-state index in [0.717, 1.165) is 0 Å². The van der Waals surface area contributed by atoms with Crippen LogP contribution < -0.4 is 15.5 Å². The Morgan fingerprint density at radius 3 is 2.55 bits per heavy atom. The zero-order valence-electron chi connectivity index (χ0n) is 25.2. The molecule has 2 unspecified atom stereocenters. The highest BCUT2D eigenvalue weighted by Crippen LogP contribution is 2.49. The van der Waals surface area contributed by atoms with E-state index < -0.39 is 17.3 Å². The molecule has 2 aliphatic rings. The molecule has 0 N–H and O–H groups in total. The van der Waals surface area contributed by atoms with Crippen molar-refractivity contribution in [2.75, 3.05) is 36.5 Å². The predicted molar refractivity (Wildman–Crippen MR) is 170 cm³/mol. The zero-order valence-corrected chi connectivity index (χ0v) is 26.0. The molecule has 2 aromatic carbocycles. The van der Waals surface area contributed by atoms with Gasteiger partial charge in [0.1, 0.15) is 17.2 Å². The van der Waals surface area contributed by atoms with Crippen LogP contribution in [0.3, 0.4) is 0 Å². The van der Waals surface area contributed by atoms with Gasteiger partial charge in [-0.15, -0.1) is 0 Å². The predicted octanol–water partition coefficient (Wildman–Crippen LogP) is 5.85. The van der Waals surface area contributed by atoms with E-state index in [9.17, 15) is 9.59 Å². The Labute approximate surface area is 259 Å². The normalized spacial score (nSPS) is 18.1. The number of carbonyl (C=O) groups is 1. The van der Waals surface area contributed by atoms with Gasteiger partial charge in [-0.2, -0.15) is 4.98 Å². The van der Waals surface area contributed by atoms with Crippen molar-refractivity contribution in [2.24, 2.45) is 0 Å². The number of fused-ring (bicyclic) bond motifs is 2. The number of hydrogen-bond acceptors (Lipinski definition) is 6. The summed E-state index contributed by atoms with van der Waals surface area (Å²) in [5, 5.41) is 0.347. The van der Waals surface area contributed by atoms with Crippen LogP contribution in [0.1, 0.15) is 37.9 Å². The van der Waals surface area contributed by atoms with E-state index in [2.05, 4.69) is 16.5 Å². The number of piperazine rings is 1. The summed E-state index contributed by atoms with van der Waals surface area (Å²) in [6.45, 7) is 12.4. The number of likely N-dealkylation sites (N-methyl/N-ethyl adjacent to an activating group) is 1. The van der Waals surface area contributed by atoms with Gasteiger partial charge < -0.3 is 14.7 Å². The van der Waals surface area contributed by atoms with E-state index in [1.54, 1.807) is 23.2 Å². The molecule has 11 heteroatoms. The lowest BCUT2D eigenvalue weighted by Crippen LogP contribution is -2.61. The number of aromatic nitrogens is 3. The van der Waals surface area contributed by atoms with Gasteiger partial charge in [-0.05, 0) is 43.5 Å². The van der Waals surface area contributed by atoms with Crippen molar-refractivity contribution in [3.8, 4) is 16.8 Å². The van der Waals surface area contributed by atoms with E-state index in [4.69, 9.17) is 11.6 Å². The first-order chi connectivity index (χ1) is 21.0. The van der Waals surface area contributed by atoms with Crippen molar-refractivity contribution >= 4 is 39.9 Å². The molecule has 1 fully saturated rings. The summed E-state index contributed by atoms with van der Waals surface area (Å²) >= 11 is 7.09. The summed E-state index contributed by atoms with van der Waals surface area (Å²) in [6.07, 6.45) is 2.94. The highest BCUT2D eigenvalue weighted by Gasteiger charge is 2.41. The van der Waals surface area contributed by atoms with Gasteiger partial charge in [0.15, 0.2) is 5.82 Å². The lowest BCUT2D eigenvalue weighted by atomic mass is 9.98. The van der Waals surface area contributed by atoms with Gasteiger partial charge in [0.25, 0.3) is 0 Å². The third-order valence-corrected chi connectivity index (χ3v) is 8.99. The average Bonchev–Trinajstić information content (AvgIpc) is 3.10. The molecule has 2 aliphatic heterocycles. The standard InChI is InChI=1S/C33H33ClF2N6O2/c1-7-23(43)40-14-19(5)41-20(16-40)15-39(6)30-25-31(27(36)24(26(30)34)21-10-8-9-11-22(21)35)42(33(44)38-32(25)41)29-18(4)12-13-37-28(29)17(2)3/h7-13,17,19-20H,1,14-16H2,2-6H3. The fraction of sp³-hybridized carbons (Fsp3) is 0.333. The van der Waals surface area contributed by atoms with Crippen LogP contribution >= 0.6 is 11.6 Å². The number of carbonyl (C=O) groups excluding carboxylic acids is 1. The van der Waals surface area contributed by atoms with E-state index in [0.29, 0.717) is 47.7 Å². The molecule has 6 rings (SSSR count). The van der Waals surface area contributed by atoms with Crippen LogP contribution in [0, 0.1) is 18.6 Å². The number of benzene rings is 2. The fourth-order valence-corrected chi connectivity index (χ4v) is 7.17. The number of rotatable bonds is 4. The van der Waals surface area contributed by atoms with Crippen molar-refractivity contribution in [1.29, 1.82) is 0 Å². The molecule has 4 aromatic rings. The van der Waals surface area contributed by atoms with Gasteiger partial charge in [0.2, 0.25) is 5.91 Å². The second-order valence-corrected chi connectivity index (χ2v) is 12.2. The monoisotopic (exact) mass is 618 g/mol. The van der Waals surface area contributed by atoms with Crippen LogP contribution in [0.15, 0.2) is 54.0 Å². The summed E-state index contributed by atoms with van der Waals surface area (Å²) in [7, 11) is 1.82. The Kier molecular flexibility index (Phi) is 7.44. The Hall–Kier alpha value is -4.31. The minimum absolute atomic E-state index is 0.00867. The Bertz CT molecular complexity index is 1910. The minimum Gasteiger partial charge on any atom is -0.371 e. The largest absolute Gasteiger partial charge is 0.371 e. The Morgan fingerprint density at radius 2 is 1.86 bits per heavy atom. The van der Waals surface area contributed by atoms with Gasteiger partial charge in [0, 0.05) is 50.0 Å². The third kappa shape index (κ3) is 4.46. The second kappa shape index (κ2) is 11.0. The van der Waals surface area contributed by atoms with E-state index in [-0.39, 0.29) is 51.4 Å². The zero-order chi connectivity index (χ0) is 31.6. The molecule has 0 spiro atoms. The maximum atomic E-state index is 17.3. The molecule has 0 saturated carbocycles. The lowest BCUT2D eigenvalue weighted by Gasteiger charge is -2.46. The summed E-state index contributed by atoms with van der Waals surface area (Å²) in [4.78, 5) is 41.7. The number of halogens is 3. The first kappa shape index (κ1) is 29.7. The molecular weight excluding hydrogens is 586 g/mol. The van der Waals surface area contributed by atoms with Crippen LogP contribution in [-0.2, 0) is 4.79 Å². The first-order valence-electron chi connectivity index (χ1n) is 14.5. The Balaban J connectivity index is 1.79. The summed E-state index contributed by atoms with van der Waals surface area (Å²) in [6, 6.07) is 7.03. The van der Waals surface area contributed by atoms with Crippen LogP contribution in [0.25, 0.3) is 27.7 Å². The van der Waals surface area contributed by atoms with Crippen LogP contribution in [0.4, 0.5) is 20.3 Å². The average molecular weight is 619 g/mol. The van der Waals surface area contributed by atoms with Gasteiger partial charge in [-0.25, -0.2) is 13.6 Å². The molecule has 2 aromatic heterocycles. The lowest BCUT2D eigenvalue weighted by molar-refractivity contribution is -0.127. The second-order valence-electron chi connectivity index (χ2n) is 11.9. The van der Waals surface area contributed by atoms with Crippen molar-refractivity contribution in [3.63, 3.8) is 0 Å². The number of hydrogen-bond donors (Lipinski definition) is 0. The Morgan fingerprint density at radius 1 is 1.14 bits per heavy atom. The molecule has 2 atom stereocenters. The van der Waals surface area contributed by atoms with E-state index >= 15 is 8.78 Å². The molecule has 1 amide bonds. The van der Waals surface area contributed by atoms with Crippen molar-refractivity contribution < 1.29 is 13.6 Å². The molecule has 44 heavy (non-hydrogen) atoms. The molecule has 0 aliphatic carbocycles. The number of aryl methyl sites for hydroxylation is 1. The fourth-order valence-electron chi connectivity index (χ4n) is 6.74. The van der Waals surface area contributed by atoms with Crippen molar-refractivity contribution in [1.82, 2.24) is 19.4 Å². The number of amides is 1. The van der Waals surface area contributed by atoms with Gasteiger partial charge in [-0.3, -0.25) is 14.3 Å². The quantitative estimate of drug-likeness (QED) is 0.267. The van der Waals surface area contributed by atoms with Gasteiger partial charge in [-0.1, -0.05) is 50.2 Å². The molecule has 0 bridgehead atoms. The molecule has 228 valence electrons. The van der Waals surface area contributed by atoms with Crippen molar-refractivity contribution in [2.45, 2.75) is 45.7 Å². The van der Waals surface area contributed by atoms with E-state index in [1.807, 2.05) is 44.5 Å². The molecule has 0 radical (unpaired) electrons.